The first kappa shape index (κ1) is 15.8. The SMILES string of the molecule is CCC1CN(c2ccc(CNC(C)C)cc2Br)CCO1. The molecule has 1 aromatic carbocycles. The average Bonchev–Trinajstić information content (AvgIpc) is 2.45. The molecule has 1 aromatic rings. The Kier molecular flexibility index (Phi) is 5.87. The summed E-state index contributed by atoms with van der Waals surface area (Å²) in [5.41, 5.74) is 2.59. The van der Waals surface area contributed by atoms with E-state index in [1.807, 2.05) is 0 Å². The fraction of sp³-hybridized carbons (Fsp3) is 0.625. The van der Waals surface area contributed by atoms with E-state index >= 15 is 0 Å². The molecule has 0 saturated carbocycles. The molecule has 0 amide bonds. The molecule has 112 valence electrons. The summed E-state index contributed by atoms with van der Waals surface area (Å²) in [6, 6.07) is 7.17. The van der Waals surface area contributed by atoms with Crippen molar-refractivity contribution in [3.05, 3.63) is 28.2 Å². The Hall–Kier alpha value is -0.580. The van der Waals surface area contributed by atoms with Crippen LogP contribution < -0.4 is 10.2 Å². The molecule has 20 heavy (non-hydrogen) atoms. The Labute approximate surface area is 130 Å². The van der Waals surface area contributed by atoms with Gasteiger partial charge in [-0.15, -0.1) is 0 Å². The highest BCUT2D eigenvalue weighted by Crippen LogP contribution is 2.29. The Morgan fingerprint density at radius 2 is 2.25 bits per heavy atom. The zero-order chi connectivity index (χ0) is 14.5. The number of nitrogens with zero attached hydrogens (tertiary/aromatic N) is 1. The molecule has 1 N–H and O–H groups in total. The van der Waals surface area contributed by atoms with E-state index in [1.165, 1.54) is 15.7 Å². The van der Waals surface area contributed by atoms with E-state index < -0.39 is 0 Å². The number of nitrogens with one attached hydrogen (secondary N) is 1. The van der Waals surface area contributed by atoms with Crippen LogP contribution in [0.25, 0.3) is 0 Å². The summed E-state index contributed by atoms with van der Waals surface area (Å²) in [4.78, 5) is 2.42. The maximum atomic E-state index is 5.74. The molecule has 1 heterocycles. The number of hydrogen-bond donors (Lipinski definition) is 1. The summed E-state index contributed by atoms with van der Waals surface area (Å²) in [6.45, 7) is 10.2. The number of anilines is 1. The standard InChI is InChI=1S/C16H25BrN2O/c1-4-14-11-19(7-8-20-14)16-6-5-13(9-15(16)17)10-18-12(2)3/h5-6,9,12,14,18H,4,7-8,10-11H2,1-3H3. The maximum absolute atomic E-state index is 5.74. The highest BCUT2D eigenvalue weighted by molar-refractivity contribution is 9.10. The molecule has 0 aromatic heterocycles. The van der Waals surface area contributed by atoms with E-state index in [0.717, 1.165) is 32.7 Å². The van der Waals surface area contributed by atoms with Gasteiger partial charge in [-0.05, 0) is 40.0 Å². The molecule has 1 unspecified atom stereocenters. The molecule has 1 atom stereocenters. The summed E-state index contributed by atoms with van der Waals surface area (Å²) in [5, 5.41) is 3.45. The van der Waals surface area contributed by atoms with Gasteiger partial charge in [0.25, 0.3) is 0 Å². The van der Waals surface area contributed by atoms with Crippen molar-refractivity contribution in [2.45, 2.75) is 45.9 Å². The van der Waals surface area contributed by atoms with Gasteiger partial charge in [0, 0.05) is 30.1 Å². The van der Waals surface area contributed by atoms with Crippen molar-refractivity contribution in [1.82, 2.24) is 5.32 Å². The predicted molar refractivity (Wildman–Crippen MR) is 88.4 cm³/mol. The Bertz CT molecular complexity index is 436. The minimum atomic E-state index is 0.359. The summed E-state index contributed by atoms with van der Waals surface area (Å²) in [7, 11) is 0. The second-order valence-electron chi connectivity index (χ2n) is 5.67. The fourth-order valence-corrected chi connectivity index (χ4v) is 3.10. The quantitative estimate of drug-likeness (QED) is 0.886. The zero-order valence-electron chi connectivity index (χ0n) is 12.7. The number of ether oxygens (including phenoxy) is 1. The molecule has 2 rings (SSSR count). The van der Waals surface area contributed by atoms with E-state index in [-0.39, 0.29) is 0 Å². The first-order chi connectivity index (χ1) is 9.60. The molecule has 0 radical (unpaired) electrons. The Morgan fingerprint density at radius 3 is 2.90 bits per heavy atom. The molecule has 1 aliphatic heterocycles. The molecule has 0 spiro atoms. The van der Waals surface area contributed by atoms with Crippen molar-refractivity contribution in [2.75, 3.05) is 24.6 Å². The van der Waals surface area contributed by atoms with E-state index in [9.17, 15) is 0 Å². The van der Waals surface area contributed by atoms with Gasteiger partial charge in [-0.25, -0.2) is 0 Å². The number of morpholine rings is 1. The molecular formula is C16H25BrN2O. The lowest BCUT2D eigenvalue weighted by Gasteiger charge is -2.34. The smallest absolute Gasteiger partial charge is 0.0748 e. The minimum absolute atomic E-state index is 0.359. The van der Waals surface area contributed by atoms with Crippen molar-refractivity contribution >= 4 is 21.6 Å². The van der Waals surface area contributed by atoms with Crippen molar-refractivity contribution in [2.24, 2.45) is 0 Å². The van der Waals surface area contributed by atoms with Gasteiger partial charge in [0.05, 0.1) is 18.4 Å². The average molecular weight is 341 g/mol. The molecule has 1 saturated heterocycles. The number of hydrogen-bond acceptors (Lipinski definition) is 3. The second kappa shape index (κ2) is 7.43. The number of benzene rings is 1. The van der Waals surface area contributed by atoms with Crippen LogP contribution in [-0.2, 0) is 11.3 Å². The van der Waals surface area contributed by atoms with Crippen molar-refractivity contribution in [1.29, 1.82) is 0 Å². The van der Waals surface area contributed by atoms with Gasteiger partial charge in [-0.2, -0.15) is 0 Å². The van der Waals surface area contributed by atoms with Crippen LogP contribution in [0.5, 0.6) is 0 Å². The maximum Gasteiger partial charge on any atom is 0.0748 e. The summed E-state index contributed by atoms with van der Waals surface area (Å²) < 4.78 is 6.92. The largest absolute Gasteiger partial charge is 0.375 e. The van der Waals surface area contributed by atoms with Crippen LogP contribution in [0.2, 0.25) is 0 Å². The van der Waals surface area contributed by atoms with Crippen LogP contribution in [0.4, 0.5) is 5.69 Å². The normalized spacial score (nSPS) is 19.6. The third kappa shape index (κ3) is 4.21. The number of halogens is 1. The molecule has 4 heteroatoms. The summed E-state index contributed by atoms with van der Waals surface area (Å²) >= 11 is 3.72. The Balaban J connectivity index is 2.05. The van der Waals surface area contributed by atoms with E-state index in [0.29, 0.717) is 12.1 Å². The highest BCUT2D eigenvalue weighted by atomic mass is 79.9. The predicted octanol–water partition coefficient (Wildman–Crippen LogP) is 3.56. The van der Waals surface area contributed by atoms with Crippen LogP contribution >= 0.6 is 15.9 Å². The van der Waals surface area contributed by atoms with Gasteiger partial charge in [0.2, 0.25) is 0 Å². The minimum Gasteiger partial charge on any atom is -0.375 e. The summed E-state index contributed by atoms with van der Waals surface area (Å²) in [5.74, 6) is 0. The van der Waals surface area contributed by atoms with Gasteiger partial charge in [-0.1, -0.05) is 26.8 Å². The van der Waals surface area contributed by atoms with Crippen LogP contribution in [0, 0.1) is 0 Å². The van der Waals surface area contributed by atoms with Crippen LogP contribution in [-0.4, -0.2) is 31.8 Å². The van der Waals surface area contributed by atoms with Gasteiger partial charge in [0.15, 0.2) is 0 Å². The first-order valence-corrected chi connectivity index (χ1v) is 8.27. The molecule has 1 fully saturated rings. The van der Waals surface area contributed by atoms with E-state index in [4.69, 9.17) is 4.74 Å². The van der Waals surface area contributed by atoms with Crippen LogP contribution in [0.1, 0.15) is 32.8 Å². The topological polar surface area (TPSA) is 24.5 Å². The zero-order valence-corrected chi connectivity index (χ0v) is 14.2. The molecule has 0 bridgehead atoms. The molecule has 0 aliphatic carbocycles. The third-order valence-corrected chi connectivity index (χ3v) is 4.30. The lowest BCUT2D eigenvalue weighted by molar-refractivity contribution is 0.0384. The van der Waals surface area contributed by atoms with Gasteiger partial charge >= 0.3 is 0 Å². The Morgan fingerprint density at radius 1 is 1.45 bits per heavy atom. The second-order valence-corrected chi connectivity index (χ2v) is 6.52. The van der Waals surface area contributed by atoms with E-state index in [1.54, 1.807) is 0 Å². The highest BCUT2D eigenvalue weighted by Gasteiger charge is 2.20. The van der Waals surface area contributed by atoms with Crippen molar-refractivity contribution in [3.63, 3.8) is 0 Å². The molecular weight excluding hydrogens is 316 g/mol. The van der Waals surface area contributed by atoms with Crippen molar-refractivity contribution < 1.29 is 4.74 Å². The van der Waals surface area contributed by atoms with Gasteiger partial charge < -0.3 is 15.0 Å². The van der Waals surface area contributed by atoms with E-state index in [2.05, 4.69) is 65.1 Å². The first-order valence-electron chi connectivity index (χ1n) is 7.48. The molecule has 3 nitrogen and oxygen atoms in total. The van der Waals surface area contributed by atoms with Crippen LogP contribution in [0.3, 0.4) is 0 Å². The van der Waals surface area contributed by atoms with Crippen molar-refractivity contribution in [3.8, 4) is 0 Å². The third-order valence-electron chi connectivity index (χ3n) is 3.66. The molecule has 1 aliphatic rings. The monoisotopic (exact) mass is 340 g/mol. The van der Waals surface area contributed by atoms with Gasteiger partial charge in [-0.3, -0.25) is 0 Å². The summed E-state index contributed by atoms with van der Waals surface area (Å²) in [6.07, 6.45) is 1.43. The van der Waals surface area contributed by atoms with Gasteiger partial charge in [0.1, 0.15) is 0 Å². The lowest BCUT2D eigenvalue weighted by atomic mass is 10.1. The number of rotatable bonds is 5. The lowest BCUT2D eigenvalue weighted by Crippen LogP contribution is -2.42. The van der Waals surface area contributed by atoms with Crippen LogP contribution in [0.15, 0.2) is 22.7 Å². The fourth-order valence-electron chi connectivity index (χ4n) is 2.42.